The van der Waals surface area contributed by atoms with Crippen molar-refractivity contribution in [2.24, 2.45) is 5.92 Å². The molecule has 1 unspecified atom stereocenters. The van der Waals surface area contributed by atoms with Gasteiger partial charge in [-0.25, -0.2) is 4.79 Å². The molecule has 2 rings (SSSR count). The highest BCUT2D eigenvalue weighted by molar-refractivity contribution is 5.95. The minimum Gasteiger partial charge on any atom is -0.478 e. The van der Waals surface area contributed by atoms with Crippen molar-refractivity contribution in [3.63, 3.8) is 0 Å². The number of rotatable bonds is 11. The van der Waals surface area contributed by atoms with E-state index in [1.165, 1.54) is 7.11 Å². The Hall–Kier alpha value is -2.23. The van der Waals surface area contributed by atoms with Gasteiger partial charge in [0.25, 0.3) is 0 Å². The highest BCUT2D eigenvalue weighted by atomic mass is 16.8. The van der Waals surface area contributed by atoms with Crippen molar-refractivity contribution in [3.05, 3.63) is 47.1 Å². The summed E-state index contributed by atoms with van der Waals surface area (Å²) in [7, 11) is 1.47. The van der Waals surface area contributed by atoms with E-state index in [1.807, 2.05) is 13.8 Å². The second-order valence-electron chi connectivity index (χ2n) is 8.84. The molecule has 3 N–H and O–H groups in total. The lowest BCUT2D eigenvalue weighted by Crippen LogP contribution is -2.34. The Balaban J connectivity index is 2.21. The van der Waals surface area contributed by atoms with Crippen molar-refractivity contribution in [2.45, 2.75) is 71.2 Å². The number of aryl methyl sites for hydroxylation is 1. The fraction of sp³-hybridized carbons (Fsp3) is 0.560. The summed E-state index contributed by atoms with van der Waals surface area (Å²) in [6, 6.07) is 3.42. The van der Waals surface area contributed by atoms with Crippen LogP contribution in [0.15, 0.2) is 30.4 Å². The third kappa shape index (κ3) is 7.65. The molecular weight excluding hydrogens is 428 g/mol. The van der Waals surface area contributed by atoms with E-state index >= 15 is 0 Å². The second kappa shape index (κ2) is 11.8. The maximum absolute atomic E-state index is 11.9. The monoisotopic (exact) mass is 464 g/mol. The van der Waals surface area contributed by atoms with Crippen LogP contribution >= 0.6 is 0 Å². The SMILES string of the molecule is COCOc1cc(C)cc(C=CC[C@@H]2OC(C)(C)O[C@@H]2C(O)C=C[C@@H](C)[C@H](C)O)c1C(=O)O. The van der Waals surface area contributed by atoms with E-state index in [9.17, 15) is 20.1 Å². The topological polar surface area (TPSA) is 115 Å². The largest absolute Gasteiger partial charge is 0.478 e. The van der Waals surface area contributed by atoms with Crippen LogP contribution in [-0.2, 0) is 14.2 Å². The van der Waals surface area contributed by atoms with Crippen LogP contribution in [-0.4, -0.2) is 65.4 Å². The average Bonchev–Trinajstić information content (AvgIpc) is 3.03. The van der Waals surface area contributed by atoms with E-state index < -0.39 is 36.2 Å². The first-order chi connectivity index (χ1) is 15.4. The Kier molecular flexibility index (Phi) is 9.63. The highest BCUT2D eigenvalue weighted by Gasteiger charge is 2.43. The van der Waals surface area contributed by atoms with Gasteiger partial charge in [0, 0.05) is 7.11 Å². The molecule has 1 fully saturated rings. The Morgan fingerprint density at radius 3 is 2.52 bits per heavy atom. The quantitative estimate of drug-likeness (QED) is 0.337. The molecule has 0 amide bonds. The third-order valence-electron chi connectivity index (χ3n) is 5.42. The summed E-state index contributed by atoms with van der Waals surface area (Å²) in [4.78, 5) is 11.9. The average molecular weight is 465 g/mol. The molecule has 1 heterocycles. The minimum absolute atomic E-state index is 0.0458. The first kappa shape index (κ1) is 27.0. The van der Waals surface area contributed by atoms with Crippen molar-refractivity contribution < 1.29 is 39.1 Å². The normalized spacial score (nSPS) is 23.2. The highest BCUT2D eigenvalue weighted by Crippen LogP contribution is 2.33. The Labute approximate surface area is 195 Å². The van der Waals surface area contributed by atoms with Crippen LogP contribution in [0.1, 0.15) is 55.6 Å². The maximum Gasteiger partial charge on any atom is 0.340 e. The van der Waals surface area contributed by atoms with Gasteiger partial charge < -0.3 is 34.3 Å². The molecule has 8 heteroatoms. The number of ether oxygens (including phenoxy) is 4. The van der Waals surface area contributed by atoms with Gasteiger partial charge in [-0.1, -0.05) is 37.3 Å². The number of carboxylic acid groups (broad SMARTS) is 1. The van der Waals surface area contributed by atoms with Crippen molar-refractivity contribution >= 4 is 12.0 Å². The molecule has 1 aliphatic rings. The number of hydrogen-bond acceptors (Lipinski definition) is 7. The zero-order valence-electron chi connectivity index (χ0n) is 20.1. The van der Waals surface area contributed by atoms with Crippen LogP contribution < -0.4 is 4.74 Å². The Morgan fingerprint density at radius 1 is 1.21 bits per heavy atom. The van der Waals surface area contributed by atoms with Gasteiger partial charge in [-0.15, -0.1) is 0 Å². The molecule has 0 saturated carbocycles. The summed E-state index contributed by atoms with van der Waals surface area (Å²) in [5.41, 5.74) is 1.39. The summed E-state index contributed by atoms with van der Waals surface area (Å²) >= 11 is 0. The Morgan fingerprint density at radius 2 is 1.91 bits per heavy atom. The van der Waals surface area contributed by atoms with Crippen LogP contribution in [0.25, 0.3) is 6.08 Å². The number of benzene rings is 1. The number of carboxylic acids is 1. The fourth-order valence-electron chi connectivity index (χ4n) is 3.60. The number of methoxy groups -OCH3 is 1. The van der Waals surface area contributed by atoms with Crippen LogP contribution in [0.5, 0.6) is 5.75 Å². The van der Waals surface area contributed by atoms with E-state index in [0.29, 0.717) is 12.0 Å². The van der Waals surface area contributed by atoms with Crippen LogP contribution in [0.2, 0.25) is 0 Å². The van der Waals surface area contributed by atoms with Gasteiger partial charge in [-0.2, -0.15) is 0 Å². The number of aromatic carboxylic acids is 1. The van der Waals surface area contributed by atoms with Crippen LogP contribution in [0, 0.1) is 12.8 Å². The van der Waals surface area contributed by atoms with Crippen molar-refractivity contribution in [1.82, 2.24) is 0 Å². The molecule has 0 spiro atoms. The smallest absolute Gasteiger partial charge is 0.340 e. The maximum atomic E-state index is 11.9. The van der Waals surface area contributed by atoms with E-state index in [2.05, 4.69) is 0 Å². The fourth-order valence-corrected chi connectivity index (χ4v) is 3.60. The molecule has 5 atom stereocenters. The molecule has 1 saturated heterocycles. The number of aliphatic hydroxyl groups is 2. The summed E-state index contributed by atoms with van der Waals surface area (Å²) in [5.74, 6) is -1.85. The van der Waals surface area contributed by atoms with Crippen molar-refractivity contribution in [2.75, 3.05) is 13.9 Å². The standard InChI is InChI=1S/C25H36O8/c1-15-12-18(22(24(28)29)21(13-15)31-14-30-6)8-7-9-20-23(33-25(4,5)32-20)19(27)11-10-16(2)17(3)26/h7-8,10-13,16-17,19-20,23,26-27H,9,14H2,1-6H3,(H,28,29)/t16-,17+,19?,20+,23-/m1/s1. The van der Waals surface area contributed by atoms with Gasteiger partial charge in [0.2, 0.25) is 0 Å². The molecular formula is C25H36O8. The summed E-state index contributed by atoms with van der Waals surface area (Å²) in [6.07, 6.45) is 4.77. The van der Waals surface area contributed by atoms with Crippen LogP contribution in [0.4, 0.5) is 0 Å². The van der Waals surface area contributed by atoms with E-state index in [4.69, 9.17) is 18.9 Å². The molecule has 1 aliphatic heterocycles. The molecule has 8 nitrogen and oxygen atoms in total. The van der Waals surface area contributed by atoms with Gasteiger partial charge in [0.05, 0.1) is 12.2 Å². The number of hydrogen-bond donors (Lipinski definition) is 3. The molecule has 0 aromatic heterocycles. The van der Waals surface area contributed by atoms with Crippen LogP contribution in [0.3, 0.4) is 0 Å². The zero-order chi connectivity index (χ0) is 24.8. The van der Waals surface area contributed by atoms with E-state index in [1.54, 1.807) is 57.2 Å². The number of carbonyl (C=O) groups is 1. The third-order valence-corrected chi connectivity index (χ3v) is 5.42. The van der Waals surface area contributed by atoms with E-state index in [-0.39, 0.29) is 24.0 Å². The van der Waals surface area contributed by atoms with Gasteiger partial charge >= 0.3 is 5.97 Å². The lowest BCUT2D eigenvalue weighted by atomic mass is 9.99. The molecule has 0 aliphatic carbocycles. The summed E-state index contributed by atoms with van der Waals surface area (Å²) < 4.78 is 22.2. The van der Waals surface area contributed by atoms with E-state index in [0.717, 1.165) is 5.56 Å². The van der Waals surface area contributed by atoms with Gasteiger partial charge in [-0.05, 0) is 57.2 Å². The number of aliphatic hydroxyl groups excluding tert-OH is 2. The lowest BCUT2D eigenvalue weighted by molar-refractivity contribution is -0.152. The molecule has 1 aromatic rings. The van der Waals surface area contributed by atoms with Gasteiger partial charge in [0.15, 0.2) is 12.6 Å². The molecule has 184 valence electrons. The second-order valence-corrected chi connectivity index (χ2v) is 8.84. The first-order valence-corrected chi connectivity index (χ1v) is 11.0. The van der Waals surface area contributed by atoms with Gasteiger partial charge in [0.1, 0.15) is 23.5 Å². The molecule has 33 heavy (non-hydrogen) atoms. The molecule has 0 bridgehead atoms. The summed E-state index contributed by atoms with van der Waals surface area (Å²) in [5, 5.41) is 30.0. The predicted octanol–water partition coefficient (Wildman–Crippen LogP) is 3.53. The predicted molar refractivity (Wildman–Crippen MR) is 124 cm³/mol. The minimum atomic E-state index is -1.10. The first-order valence-electron chi connectivity index (χ1n) is 11.0. The van der Waals surface area contributed by atoms with Gasteiger partial charge in [-0.3, -0.25) is 0 Å². The van der Waals surface area contributed by atoms with Crippen molar-refractivity contribution in [3.8, 4) is 5.75 Å². The molecule has 0 radical (unpaired) electrons. The molecule has 1 aromatic carbocycles. The zero-order valence-corrected chi connectivity index (χ0v) is 20.1. The lowest BCUT2D eigenvalue weighted by Gasteiger charge is -2.20. The summed E-state index contributed by atoms with van der Waals surface area (Å²) in [6.45, 7) is 8.90. The van der Waals surface area contributed by atoms with Crippen molar-refractivity contribution in [1.29, 1.82) is 0 Å². The Bertz CT molecular complexity index is 858.